The second-order valence-electron chi connectivity index (χ2n) is 0.376. The van der Waals surface area contributed by atoms with Crippen molar-refractivity contribution in [3.63, 3.8) is 0 Å². The van der Waals surface area contributed by atoms with E-state index < -0.39 is 0 Å². The van der Waals surface area contributed by atoms with E-state index in [4.69, 9.17) is 5.26 Å². The van der Waals surface area contributed by atoms with Crippen molar-refractivity contribution in [2.45, 2.75) is 0 Å². The van der Waals surface area contributed by atoms with E-state index in [9.17, 15) is 0 Å². The molecule has 0 aliphatic carbocycles. The summed E-state index contributed by atoms with van der Waals surface area (Å²) in [7, 11) is 0. The summed E-state index contributed by atoms with van der Waals surface area (Å²) in [6.45, 7) is 3.11. The van der Waals surface area contributed by atoms with E-state index in [2.05, 4.69) is 11.3 Å². The van der Waals surface area contributed by atoms with Gasteiger partial charge in [0.1, 0.15) is 0 Å². The molecular formula is C3H4NNaO. The molecule has 0 radical (unpaired) electrons. The molecule has 0 bridgehead atoms. The van der Waals surface area contributed by atoms with Crippen LogP contribution >= 0.6 is 0 Å². The zero-order chi connectivity index (χ0) is 4.12. The molecule has 0 unspecified atom stereocenters. The van der Waals surface area contributed by atoms with Gasteiger partial charge in [0.05, 0.1) is 6.26 Å². The molecule has 0 spiro atoms. The molecule has 0 atom stereocenters. The fourth-order valence-electron chi connectivity index (χ4n) is 0.0373. The third-order valence-corrected chi connectivity index (χ3v) is 0.136. The molecule has 0 aromatic carbocycles. The van der Waals surface area contributed by atoms with Crippen LogP contribution in [0.2, 0.25) is 0 Å². The minimum atomic E-state index is 0. The van der Waals surface area contributed by atoms with E-state index in [0.717, 1.165) is 6.26 Å². The van der Waals surface area contributed by atoms with Crippen molar-refractivity contribution in [1.82, 2.24) is 0 Å². The van der Waals surface area contributed by atoms with Gasteiger partial charge in [-0.05, 0) is 0 Å². The standard InChI is InChI=1S/C3H3NO.Na.H/c1-2-5-3-4;;/h2H,1H2;;. The zero-order valence-electron chi connectivity index (χ0n) is 2.64. The van der Waals surface area contributed by atoms with Gasteiger partial charge in [-0.1, -0.05) is 6.58 Å². The van der Waals surface area contributed by atoms with Crippen molar-refractivity contribution in [1.29, 1.82) is 5.26 Å². The molecule has 0 aliphatic heterocycles. The van der Waals surface area contributed by atoms with E-state index in [1.807, 2.05) is 0 Å². The Morgan fingerprint density at radius 1 is 1.83 bits per heavy atom. The van der Waals surface area contributed by atoms with Gasteiger partial charge >= 0.3 is 29.6 Å². The van der Waals surface area contributed by atoms with Crippen molar-refractivity contribution >= 4 is 29.6 Å². The van der Waals surface area contributed by atoms with E-state index in [0.29, 0.717) is 0 Å². The number of ether oxygens (including phenoxy) is 1. The topological polar surface area (TPSA) is 33.0 Å². The molecule has 0 aromatic heterocycles. The molecule has 28 valence electrons. The summed E-state index contributed by atoms with van der Waals surface area (Å²) in [6.07, 6.45) is 2.47. The van der Waals surface area contributed by atoms with Gasteiger partial charge in [0.2, 0.25) is 0 Å². The third kappa shape index (κ3) is 8.98. The van der Waals surface area contributed by atoms with Crippen LogP contribution in [0.5, 0.6) is 0 Å². The first-order valence-electron chi connectivity index (χ1n) is 1.07. The molecule has 3 heteroatoms. The summed E-state index contributed by atoms with van der Waals surface area (Å²) >= 11 is 0. The van der Waals surface area contributed by atoms with Crippen LogP contribution in [0.4, 0.5) is 0 Å². The maximum absolute atomic E-state index is 7.52. The number of rotatable bonds is 1. The normalized spacial score (nSPS) is 3.83. The van der Waals surface area contributed by atoms with Crippen LogP contribution in [-0.2, 0) is 4.74 Å². The molecule has 0 fully saturated rings. The van der Waals surface area contributed by atoms with E-state index in [1.54, 1.807) is 0 Å². The molecule has 0 saturated carbocycles. The summed E-state index contributed by atoms with van der Waals surface area (Å²) in [4.78, 5) is 0. The molecule has 6 heavy (non-hydrogen) atoms. The Balaban J connectivity index is 0. The van der Waals surface area contributed by atoms with Crippen LogP contribution in [0.3, 0.4) is 0 Å². The quantitative estimate of drug-likeness (QED) is 0.259. The molecular weight excluding hydrogens is 89.0 g/mol. The average molecular weight is 93.1 g/mol. The third-order valence-electron chi connectivity index (χ3n) is 0.136. The van der Waals surface area contributed by atoms with Crippen LogP contribution < -0.4 is 0 Å². The maximum atomic E-state index is 7.52. The van der Waals surface area contributed by atoms with Crippen molar-refractivity contribution < 1.29 is 4.74 Å². The SMILES string of the molecule is C=COC#N.[NaH]. The molecule has 0 amide bonds. The summed E-state index contributed by atoms with van der Waals surface area (Å²) in [5.74, 6) is 0. The van der Waals surface area contributed by atoms with Crippen molar-refractivity contribution in [3.05, 3.63) is 12.8 Å². The predicted molar refractivity (Wildman–Crippen MR) is 24.0 cm³/mol. The van der Waals surface area contributed by atoms with Gasteiger partial charge in [-0.15, -0.1) is 5.26 Å². The van der Waals surface area contributed by atoms with Gasteiger partial charge in [0.15, 0.2) is 0 Å². The first kappa shape index (κ1) is 9.39. The molecule has 0 N–H and O–H groups in total. The molecule has 0 rings (SSSR count). The summed E-state index contributed by atoms with van der Waals surface area (Å²) in [5, 5.41) is 7.52. The van der Waals surface area contributed by atoms with Crippen LogP contribution in [0, 0.1) is 11.5 Å². The van der Waals surface area contributed by atoms with Crippen molar-refractivity contribution in [2.75, 3.05) is 0 Å². The Kier molecular flexibility index (Phi) is 13.9. The van der Waals surface area contributed by atoms with Gasteiger partial charge in [0, 0.05) is 0 Å². The number of hydrogen-bond acceptors (Lipinski definition) is 2. The first-order valence-corrected chi connectivity index (χ1v) is 1.07. The van der Waals surface area contributed by atoms with Crippen LogP contribution in [0.15, 0.2) is 12.8 Å². The van der Waals surface area contributed by atoms with E-state index in [-0.39, 0.29) is 29.6 Å². The van der Waals surface area contributed by atoms with Crippen LogP contribution in [0.25, 0.3) is 0 Å². The number of nitriles is 1. The molecule has 0 heterocycles. The van der Waals surface area contributed by atoms with Gasteiger partial charge < -0.3 is 4.74 Å². The Hall–Kier alpha value is 0.0300. The Morgan fingerprint density at radius 2 is 2.33 bits per heavy atom. The summed E-state index contributed by atoms with van der Waals surface area (Å²) in [6, 6.07) is 0. The molecule has 2 nitrogen and oxygen atoms in total. The second kappa shape index (κ2) is 8.90. The fourth-order valence-corrected chi connectivity index (χ4v) is 0.0373. The Morgan fingerprint density at radius 3 is 2.33 bits per heavy atom. The Bertz CT molecular complexity index is 65.7. The van der Waals surface area contributed by atoms with E-state index in [1.165, 1.54) is 6.26 Å². The van der Waals surface area contributed by atoms with E-state index >= 15 is 0 Å². The van der Waals surface area contributed by atoms with Gasteiger partial charge in [0.25, 0.3) is 6.26 Å². The molecule has 0 aromatic rings. The zero-order valence-corrected chi connectivity index (χ0v) is 2.64. The fraction of sp³-hybridized carbons (Fsp3) is 0. The van der Waals surface area contributed by atoms with Crippen LogP contribution in [-0.4, -0.2) is 29.6 Å². The number of hydrogen-bond donors (Lipinski definition) is 0. The van der Waals surface area contributed by atoms with Gasteiger partial charge in [-0.25, -0.2) is 0 Å². The second-order valence-corrected chi connectivity index (χ2v) is 0.376. The summed E-state index contributed by atoms with van der Waals surface area (Å²) < 4.78 is 3.90. The van der Waals surface area contributed by atoms with Gasteiger partial charge in [-0.2, -0.15) is 0 Å². The van der Waals surface area contributed by atoms with Crippen molar-refractivity contribution in [2.24, 2.45) is 0 Å². The first-order chi connectivity index (χ1) is 2.41. The molecule has 0 saturated heterocycles. The van der Waals surface area contributed by atoms with Crippen LogP contribution in [0.1, 0.15) is 0 Å². The summed E-state index contributed by atoms with van der Waals surface area (Å²) in [5.41, 5.74) is 0. The number of nitrogens with zero attached hydrogens (tertiary/aromatic N) is 1. The molecule has 0 aliphatic rings. The van der Waals surface area contributed by atoms with Gasteiger partial charge in [-0.3, -0.25) is 0 Å². The monoisotopic (exact) mass is 93.0 g/mol. The minimum absolute atomic E-state index is 0. The van der Waals surface area contributed by atoms with Crippen molar-refractivity contribution in [3.8, 4) is 6.26 Å². The Labute approximate surface area is 58.7 Å². The predicted octanol–water partition coefficient (Wildman–Crippen LogP) is -0.0209. The average Bonchev–Trinajstić information content (AvgIpc) is 1.41.